The van der Waals surface area contributed by atoms with E-state index in [-0.39, 0.29) is 0 Å². The van der Waals surface area contributed by atoms with Crippen LogP contribution >= 0.6 is 0 Å². The van der Waals surface area contributed by atoms with Crippen LogP contribution in [0.4, 0.5) is 0 Å². The summed E-state index contributed by atoms with van der Waals surface area (Å²) in [5.41, 5.74) is 0. The lowest BCUT2D eigenvalue weighted by Crippen LogP contribution is -2.41. The van der Waals surface area contributed by atoms with E-state index in [1.165, 1.54) is 6.42 Å². The quantitative estimate of drug-likeness (QED) is 0.679. The molecule has 1 saturated carbocycles. The van der Waals surface area contributed by atoms with Gasteiger partial charge in [0, 0.05) is 13.1 Å². The van der Waals surface area contributed by atoms with Crippen LogP contribution in [0.3, 0.4) is 0 Å². The smallest absolute Gasteiger partial charge is 0.212 e. The normalized spacial score (nSPS) is 28.7. The summed E-state index contributed by atoms with van der Waals surface area (Å²) in [5.74, 6) is 0. The second-order valence-electron chi connectivity index (χ2n) is 4.41. The summed E-state index contributed by atoms with van der Waals surface area (Å²) < 4.78 is 25.3. The second-order valence-corrected chi connectivity index (χ2v) is 6.87. The van der Waals surface area contributed by atoms with Crippen molar-refractivity contribution in [2.24, 2.45) is 0 Å². The van der Waals surface area contributed by atoms with Crippen molar-refractivity contribution < 1.29 is 8.42 Å². The lowest BCUT2D eigenvalue weighted by atomic mass is 10.2. The van der Waals surface area contributed by atoms with Crippen LogP contribution in [0.5, 0.6) is 0 Å². The Balaban J connectivity index is 2.14. The maximum absolute atomic E-state index is 12.0. The SMILES string of the molecule is CC1(S(=O)(=O)N2CCCCC2)CC1. The summed E-state index contributed by atoms with van der Waals surface area (Å²) in [5, 5.41) is 0. The summed E-state index contributed by atoms with van der Waals surface area (Å²) >= 11 is 0. The molecular weight excluding hydrogens is 186 g/mol. The van der Waals surface area contributed by atoms with E-state index in [0.717, 1.165) is 38.8 Å². The van der Waals surface area contributed by atoms with Crippen molar-refractivity contribution in [1.82, 2.24) is 4.31 Å². The summed E-state index contributed by atoms with van der Waals surface area (Å²) in [6, 6.07) is 0. The molecule has 76 valence electrons. The molecule has 0 radical (unpaired) electrons. The minimum atomic E-state index is -2.96. The van der Waals surface area contributed by atoms with Gasteiger partial charge >= 0.3 is 0 Å². The molecule has 0 unspecified atom stereocenters. The molecule has 1 heterocycles. The molecule has 4 heteroatoms. The van der Waals surface area contributed by atoms with E-state index in [1.54, 1.807) is 4.31 Å². The van der Waals surface area contributed by atoms with E-state index in [1.807, 2.05) is 6.92 Å². The largest absolute Gasteiger partial charge is 0.219 e. The van der Waals surface area contributed by atoms with Crippen molar-refractivity contribution in [3.8, 4) is 0 Å². The Kier molecular flexibility index (Phi) is 2.15. The number of nitrogens with zero attached hydrogens (tertiary/aromatic N) is 1. The van der Waals surface area contributed by atoms with Crippen LogP contribution in [0.2, 0.25) is 0 Å². The molecule has 13 heavy (non-hydrogen) atoms. The molecule has 0 amide bonds. The fraction of sp³-hybridized carbons (Fsp3) is 1.00. The summed E-state index contributed by atoms with van der Waals surface area (Å²) in [7, 11) is -2.96. The fourth-order valence-electron chi connectivity index (χ4n) is 1.85. The molecular formula is C9H17NO2S. The molecule has 0 atom stereocenters. The number of hydrogen-bond donors (Lipinski definition) is 0. The Morgan fingerprint density at radius 3 is 2.08 bits per heavy atom. The van der Waals surface area contributed by atoms with Gasteiger partial charge in [-0.3, -0.25) is 0 Å². The van der Waals surface area contributed by atoms with E-state index < -0.39 is 14.8 Å². The first-order chi connectivity index (χ1) is 6.06. The highest BCUT2D eigenvalue weighted by molar-refractivity contribution is 7.90. The van der Waals surface area contributed by atoms with Gasteiger partial charge in [0.1, 0.15) is 0 Å². The van der Waals surface area contributed by atoms with Crippen LogP contribution in [0.1, 0.15) is 39.0 Å². The van der Waals surface area contributed by atoms with E-state index in [9.17, 15) is 8.42 Å². The van der Waals surface area contributed by atoms with Crippen molar-refractivity contribution in [2.45, 2.75) is 43.8 Å². The molecule has 0 bridgehead atoms. The lowest BCUT2D eigenvalue weighted by Gasteiger charge is -2.28. The maximum atomic E-state index is 12.0. The number of sulfonamides is 1. The first kappa shape index (κ1) is 9.46. The highest BCUT2D eigenvalue weighted by Gasteiger charge is 2.52. The fourth-order valence-corrected chi connectivity index (χ4v) is 3.83. The van der Waals surface area contributed by atoms with Crippen molar-refractivity contribution in [3.05, 3.63) is 0 Å². The van der Waals surface area contributed by atoms with Crippen molar-refractivity contribution in [3.63, 3.8) is 0 Å². The first-order valence-corrected chi connectivity index (χ1v) is 6.50. The van der Waals surface area contributed by atoms with Gasteiger partial charge in [-0.05, 0) is 32.6 Å². The zero-order chi connectivity index (χ0) is 9.53. The van der Waals surface area contributed by atoms with Crippen LogP contribution in [-0.4, -0.2) is 30.6 Å². The highest BCUT2D eigenvalue weighted by atomic mass is 32.2. The van der Waals surface area contributed by atoms with Gasteiger partial charge in [0.15, 0.2) is 0 Å². The maximum Gasteiger partial charge on any atom is 0.219 e. The topological polar surface area (TPSA) is 37.4 Å². The highest BCUT2D eigenvalue weighted by Crippen LogP contribution is 2.44. The van der Waals surface area contributed by atoms with Gasteiger partial charge in [0.25, 0.3) is 0 Å². The molecule has 0 spiro atoms. The van der Waals surface area contributed by atoms with Crippen LogP contribution < -0.4 is 0 Å². The molecule has 3 nitrogen and oxygen atoms in total. The van der Waals surface area contributed by atoms with Crippen LogP contribution in [0.25, 0.3) is 0 Å². The lowest BCUT2D eigenvalue weighted by molar-refractivity contribution is 0.342. The summed E-state index contributed by atoms with van der Waals surface area (Å²) in [6.45, 7) is 3.37. The van der Waals surface area contributed by atoms with E-state index >= 15 is 0 Å². The van der Waals surface area contributed by atoms with E-state index in [0.29, 0.717) is 0 Å². The summed E-state index contributed by atoms with van der Waals surface area (Å²) in [6.07, 6.45) is 4.96. The Labute approximate surface area is 80.2 Å². The van der Waals surface area contributed by atoms with Crippen molar-refractivity contribution in [1.29, 1.82) is 0 Å². The summed E-state index contributed by atoms with van der Waals surface area (Å²) in [4.78, 5) is 0. The molecule has 2 aliphatic rings. The predicted molar refractivity (Wildman–Crippen MR) is 52.0 cm³/mol. The van der Waals surface area contributed by atoms with Gasteiger partial charge in [-0.25, -0.2) is 12.7 Å². The molecule has 0 aromatic carbocycles. The minimum Gasteiger partial charge on any atom is -0.212 e. The first-order valence-electron chi connectivity index (χ1n) is 5.06. The molecule has 1 aliphatic heterocycles. The van der Waals surface area contributed by atoms with Crippen molar-refractivity contribution >= 4 is 10.0 Å². The van der Waals surface area contributed by atoms with Gasteiger partial charge in [-0.15, -0.1) is 0 Å². The van der Waals surface area contributed by atoms with Gasteiger partial charge in [-0.1, -0.05) is 6.42 Å². The van der Waals surface area contributed by atoms with Gasteiger partial charge in [0.2, 0.25) is 10.0 Å². The molecule has 2 fully saturated rings. The third-order valence-electron chi connectivity index (χ3n) is 3.23. The molecule has 1 saturated heterocycles. The van der Waals surface area contributed by atoms with E-state index in [4.69, 9.17) is 0 Å². The van der Waals surface area contributed by atoms with E-state index in [2.05, 4.69) is 0 Å². The zero-order valence-corrected chi connectivity index (χ0v) is 8.94. The average molecular weight is 203 g/mol. The van der Waals surface area contributed by atoms with Crippen LogP contribution in [0, 0.1) is 0 Å². The van der Waals surface area contributed by atoms with Crippen LogP contribution in [-0.2, 0) is 10.0 Å². The van der Waals surface area contributed by atoms with Crippen molar-refractivity contribution in [2.75, 3.05) is 13.1 Å². The molecule has 2 rings (SSSR count). The second kappa shape index (κ2) is 2.95. The number of hydrogen-bond acceptors (Lipinski definition) is 2. The molecule has 0 aromatic rings. The predicted octanol–water partition coefficient (Wildman–Crippen LogP) is 1.35. The molecule has 1 aliphatic carbocycles. The zero-order valence-electron chi connectivity index (χ0n) is 8.12. The monoisotopic (exact) mass is 203 g/mol. The van der Waals surface area contributed by atoms with Gasteiger partial charge in [-0.2, -0.15) is 0 Å². The average Bonchev–Trinajstić information content (AvgIpc) is 2.87. The Bertz CT molecular complexity index is 287. The minimum absolute atomic E-state index is 0.398. The Hall–Kier alpha value is -0.0900. The Morgan fingerprint density at radius 2 is 1.62 bits per heavy atom. The molecule has 0 N–H and O–H groups in total. The molecule has 0 aromatic heterocycles. The van der Waals surface area contributed by atoms with Crippen LogP contribution in [0.15, 0.2) is 0 Å². The van der Waals surface area contributed by atoms with Gasteiger partial charge < -0.3 is 0 Å². The Morgan fingerprint density at radius 1 is 1.08 bits per heavy atom. The standard InChI is InChI=1S/C9H17NO2S/c1-9(5-6-9)13(11,12)10-7-3-2-4-8-10/h2-8H2,1H3. The third-order valence-corrected chi connectivity index (χ3v) is 5.93. The number of piperidine rings is 1. The third kappa shape index (κ3) is 1.50. The van der Waals surface area contributed by atoms with Gasteiger partial charge in [0.05, 0.1) is 4.75 Å². The number of rotatable bonds is 2.